The van der Waals surface area contributed by atoms with E-state index < -0.39 is 5.82 Å². The molecule has 1 N–H and O–H groups in total. The first-order valence-corrected chi connectivity index (χ1v) is 5.15. The van der Waals surface area contributed by atoms with Crippen LogP contribution in [0.15, 0.2) is 36.5 Å². The fraction of sp³-hybridized carbons (Fsp3) is 0.154. The predicted molar refractivity (Wildman–Crippen MR) is 62.1 cm³/mol. The molecule has 0 amide bonds. The van der Waals surface area contributed by atoms with Crippen LogP contribution in [0.2, 0.25) is 0 Å². The lowest BCUT2D eigenvalue weighted by molar-refractivity contribution is 0.281. The van der Waals surface area contributed by atoms with Gasteiger partial charge in [-0.15, -0.1) is 0 Å². The molecule has 0 aliphatic heterocycles. The summed E-state index contributed by atoms with van der Waals surface area (Å²) < 4.78 is 18.8. The van der Waals surface area contributed by atoms with Crippen molar-refractivity contribution in [2.24, 2.45) is 0 Å². The molecule has 0 saturated heterocycles. The van der Waals surface area contributed by atoms with Gasteiger partial charge in [0.2, 0.25) is 0 Å². The van der Waals surface area contributed by atoms with E-state index in [9.17, 15) is 4.39 Å². The molecule has 0 unspecified atom stereocenters. The summed E-state index contributed by atoms with van der Waals surface area (Å²) in [5.41, 5.74) is 1.59. The molecule has 1 aromatic heterocycles. The van der Waals surface area contributed by atoms with Crippen molar-refractivity contribution in [3.63, 3.8) is 0 Å². The number of benzene rings is 1. The number of pyridine rings is 1. The Morgan fingerprint density at radius 2 is 2.12 bits per heavy atom. The molecule has 2 rings (SSSR count). The second-order valence-electron chi connectivity index (χ2n) is 3.53. The summed E-state index contributed by atoms with van der Waals surface area (Å²) in [5, 5.41) is 8.90. The summed E-state index contributed by atoms with van der Waals surface area (Å²) in [6, 6.07) is 8.28. The minimum atomic E-state index is -0.431. The molecule has 1 aromatic carbocycles. The number of hydrogen-bond acceptors (Lipinski definition) is 3. The molecule has 0 aliphatic rings. The molecule has 0 radical (unpaired) electrons. The average molecular weight is 233 g/mol. The highest BCUT2D eigenvalue weighted by molar-refractivity contribution is 5.62. The van der Waals surface area contributed by atoms with Gasteiger partial charge in [-0.1, -0.05) is 12.1 Å². The van der Waals surface area contributed by atoms with E-state index in [1.54, 1.807) is 30.3 Å². The number of ether oxygens (including phenoxy) is 1. The number of rotatable bonds is 3. The van der Waals surface area contributed by atoms with Crippen LogP contribution in [0, 0.1) is 5.82 Å². The lowest BCUT2D eigenvalue weighted by Gasteiger charge is -2.07. The van der Waals surface area contributed by atoms with E-state index in [4.69, 9.17) is 9.84 Å². The molecule has 0 saturated carbocycles. The van der Waals surface area contributed by atoms with Crippen molar-refractivity contribution < 1.29 is 14.2 Å². The van der Waals surface area contributed by atoms with Crippen molar-refractivity contribution in [2.45, 2.75) is 6.61 Å². The molecule has 0 atom stereocenters. The molecule has 17 heavy (non-hydrogen) atoms. The molecular weight excluding hydrogens is 221 g/mol. The summed E-state index contributed by atoms with van der Waals surface area (Å²) in [6.07, 6.45) is 1.52. The van der Waals surface area contributed by atoms with E-state index in [-0.39, 0.29) is 12.4 Å². The zero-order chi connectivity index (χ0) is 12.3. The van der Waals surface area contributed by atoms with Crippen molar-refractivity contribution in [3.8, 4) is 17.0 Å². The zero-order valence-corrected chi connectivity index (χ0v) is 9.35. The number of aliphatic hydroxyl groups is 1. The molecule has 4 heteroatoms. The summed E-state index contributed by atoms with van der Waals surface area (Å²) in [6.45, 7) is -0.0755. The Morgan fingerprint density at radius 1 is 1.29 bits per heavy atom. The molecule has 0 aliphatic carbocycles. The van der Waals surface area contributed by atoms with Crippen LogP contribution < -0.4 is 4.74 Å². The predicted octanol–water partition coefficient (Wildman–Crippen LogP) is 2.39. The Morgan fingerprint density at radius 3 is 2.71 bits per heavy atom. The Kier molecular flexibility index (Phi) is 3.35. The molecule has 3 nitrogen and oxygen atoms in total. The van der Waals surface area contributed by atoms with Gasteiger partial charge in [0.25, 0.3) is 0 Å². The van der Waals surface area contributed by atoms with Crippen LogP contribution in [-0.2, 0) is 6.61 Å². The number of nitrogens with zero attached hydrogens (tertiary/aromatic N) is 1. The van der Waals surface area contributed by atoms with Gasteiger partial charge in [-0.2, -0.15) is 0 Å². The second-order valence-corrected chi connectivity index (χ2v) is 3.53. The number of hydrogen-bond donors (Lipinski definition) is 1. The summed E-state index contributed by atoms with van der Waals surface area (Å²) in [7, 11) is 1.42. The Labute approximate surface area is 98.5 Å². The number of methoxy groups -OCH3 is 1. The third kappa shape index (κ3) is 2.26. The first-order valence-electron chi connectivity index (χ1n) is 5.15. The third-order valence-electron chi connectivity index (χ3n) is 2.47. The minimum Gasteiger partial charge on any atom is -0.494 e. The highest BCUT2D eigenvalue weighted by atomic mass is 19.1. The van der Waals surface area contributed by atoms with Gasteiger partial charge in [0, 0.05) is 11.8 Å². The minimum absolute atomic E-state index is 0.0755. The van der Waals surface area contributed by atoms with Crippen molar-refractivity contribution >= 4 is 0 Å². The Balaban J connectivity index is 2.45. The fourth-order valence-electron chi connectivity index (χ4n) is 1.54. The van der Waals surface area contributed by atoms with Gasteiger partial charge in [-0.05, 0) is 23.8 Å². The number of aromatic nitrogens is 1. The van der Waals surface area contributed by atoms with Gasteiger partial charge in [0.15, 0.2) is 11.6 Å². The second kappa shape index (κ2) is 4.93. The Bertz CT molecular complexity index is 511. The van der Waals surface area contributed by atoms with Crippen molar-refractivity contribution in [3.05, 3.63) is 47.9 Å². The van der Waals surface area contributed by atoms with E-state index in [2.05, 4.69) is 4.98 Å². The van der Waals surface area contributed by atoms with E-state index in [1.807, 2.05) is 0 Å². The van der Waals surface area contributed by atoms with E-state index in [0.717, 1.165) is 0 Å². The van der Waals surface area contributed by atoms with Crippen molar-refractivity contribution in [2.75, 3.05) is 7.11 Å². The zero-order valence-electron chi connectivity index (χ0n) is 9.35. The lowest BCUT2D eigenvalue weighted by atomic mass is 10.1. The van der Waals surface area contributed by atoms with E-state index in [1.165, 1.54) is 13.3 Å². The van der Waals surface area contributed by atoms with Gasteiger partial charge in [-0.25, -0.2) is 4.39 Å². The number of aliphatic hydroxyl groups excluding tert-OH is 1. The van der Waals surface area contributed by atoms with Gasteiger partial charge in [-0.3, -0.25) is 4.98 Å². The van der Waals surface area contributed by atoms with Crippen LogP contribution in [0.4, 0.5) is 4.39 Å². The molecule has 2 aromatic rings. The lowest BCUT2D eigenvalue weighted by Crippen LogP contribution is -1.93. The van der Waals surface area contributed by atoms with Crippen LogP contribution in [0.1, 0.15) is 5.56 Å². The molecule has 0 spiro atoms. The highest BCUT2D eigenvalue weighted by Gasteiger charge is 2.10. The summed E-state index contributed by atoms with van der Waals surface area (Å²) in [5.74, 6) is -0.241. The molecule has 0 bridgehead atoms. The number of halogens is 1. The fourth-order valence-corrected chi connectivity index (χ4v) is 1.54. The molecule has 1 heterocycles. The Hall–Kier alpha value is -1.94. The molecule has 88 valence electrons. The molecule has 0 fully saturated rings. The van der Waals surface area contributed by atoms with Gasteiger partial charge in [0.05, 0.1) is 19.4 Å². The SMILES string of the molecule is COc1cccc(-c2ccc(CO)cn2)c1F. The van der Waals surface area contributed by atoms with Crippen molar-refractivity contribution in [1.29, 1.82) is 0 Å². The van der Waals surface area contributed by atoms with Gasteiger partial charge >= 0.3 is 0 Å². The normalized spacial score (nSPS) is 10.3. The quantitative estimate of drug-likeness (QED) is 0.885. The van der Waals surface area contributed by atoms with Crippen LogP contribution in [0.3, 0.4) is 0 Å². The van der Waals surface area contributed by atoms with Crippen LogP contribution in [-0.4, -0.2) is 17.2 Å². The maximum Gasteiger partial charge on any atom is 0.174 e. The van der Waals surface area contributed by atoms with Crippen LogP contribution in [0.25, 0.3) is 11.3 Å². The van der Waals surface area contributed by atoms with E-state index >= 15 is 0 Å². The van der Waals surface area contributed by atoms with Gasteiger partial charge < -0.3 is 9.84 Å². The first kappa shape index (κ1) is 11.5. The molecular formula is C13H12FNO2. The summed E-state index contributed by atoms with van der Waals surface area (Å²) >= 11 is 0. The van der Waals surface area contributed by atoms with Crippen LogP contribution in [0.5, 0.6) is 5.75 Å². The maximum absolute atomic E-state index is 13.9. The van der Waals surface area contributed by atoms with E-state index in [0.29, 0.717) is 16.8 Å². The maximum atomic E-state index is 13.9. The standard InChI is InChI=1S/C13H12FNO2/c1-17-12-4-2-3-10(13(12)14)11-6-5-9(8-16)7-15-11/h2-7,16H,8H2,1H3. The van der Waals surface area contributed by atoms with Crippen molar-refractivity contribution in [1.82, 2.24) is 4.98 Å². The summed E-state index contributed by atoms with van der Waals surface area (Å²) in [4.78, 5) is 4.10. The van der Waals surface area contributed by atoms with Crippen LogP contribution >= 0.6 is 0 Å². The van der Waals surface area contributed by atoms with Gasteiger partial charge in [0.1, 0.15) is 0 Å². The smallest absolute Gasteiger partial charge is 0.174 e. The first-order chi connectivity index (χ1) is 8.26. The largest absolute Gasteiger partial charge is 0.494 e. The third-order valence-corrected chi connectivity index (χ3v) is 2.47. The topological polar surface area (TPSA) is 42.4 Å². The highest BCUT2D eigenvalue weighted by Crippen LogP contribution is 2.27. The average Bonchev–Trinajstić information content (AvgIpc) is 2.39. The monoisotopic (exact) mass is 233 g/mol.